The minimum atomic E-state index is -0.419. The summed E-state index contributed by atoms with van der Waals surface area (Å²) in [6.07, 6.45) is 1.52. The van der Waals surface area contributed by atoms with Crippen molar-refractivity contribution in [3.63, 3.8) is 0 Å². The van der Waals surface area contributed by atoms with Gasteiger partial charge in [0, 0.05) is 28.8 Å². The minimum absolute atomic E-state index is 0.303. The first-order chi connectivity index (χ1) is 11.7. The maximum Gasteiger partial charge on any atom is 0.170 e. The Morgan fingerprint density at radius 1 is 1.33 bits per heavy atom. The summed E-state index contributed by atoms with van der Waals surface area (Å²) >= 11 is 1.59. The number of nitrogens with zero attached hydrogens (tertiary/aromatic N) is 2. The molecule has 1 aromatic carbocycles. The average Bonchev–Trinajstić information content (AvgIpc) is 3.25. The molecule has 24 heavy (non-hydrogen) atoms. The van der Waals surface area contributed by atoms with Crippen molar-refractivity contribution in [2.75, 3.05) is 19.6 Å². The van der Waals surface area contributed by atoms with E-state index in [1.807, 2.05) is 17.5 Å². The Hall–Kier alpha value is -1.76. The molecule has 1 N–H and O–H groups in total. The first-order valence-corrected chi connectivity index (χ1v) is 9.07. The molecule has 0 bridgehead atoms. The number of hydrogen-bond acceptors (Lipinski definition) is 5. The van der Waals surface area contributed by atoms with Crippen LogP contribution in [0.1, 0.15) is 35.4 Å². The number of aliphatic hydroxyl groups excluding tert-OH is 1. The average molecular weight is 346 g/mol. The number of aliphatic hydroxyl groups is 1. The number of fused-ring (bicyclic) bond motifs is 1. The SMILES string of the molecule is OC(CN1CCC(c2noc3cc(F)ccc23)CC1)c1cccs1. The molecule has 4 nitrogen and oxygen atoms in total. The lowest BCUT2D eigenvalue weighted by Crippen LogP contribution is -2.36. The maximum atomic E-state index is 13.3. The van der Waals surface area contributed by atoms with Gasteiger partial charge in [0.05, 0.1) is 5.69 Å². The van der Waals surface area contributed by atoms with Gasteiger partial charge in [-0.3, -0.25) is 0 Å². The Morgan fingerprint density at radius 3 is 2.92 bits per heavy atom. The number of β-amino-alcohol motifs (C(OH)–C–C–N with tert-alkyl or cyclic N) is 1. The molecule has 0 aliphatic carbocycles. The van der Waals surface area contributed by atoms with Gasteiger partial charge >= 0.3 is 0 Å². The first kappa shape index (κ1) is 15.7. The second-order valence-electron chi connectivity index (χ2n) is 6.31. The molecule has 6 heteroatoms. The van der Waals surface area contributed by atoms with Crippen molar-refractivity contribution in [2.24, 2.45) is 0 Å². The van der Waals surface area contributed by atoms with E-state index >= 15 is 0 Å². The quantitative estimate of drug-likeness (QED) is 0.777. The number of rotatable bonds is 4. The zero-order valence-electron chi connectivity index (χ0n) is 13.2. The van der Waals surface area contributed by atoms with E-state index < -0.39 is 6.10 Å². The summed E-state index contributed by atoms with van der Waals surface area (Å²) in [7, 11) is 0. The minimum Gasteiger partial charge on any atom is -0.386 e. The van der Waals surface area contributed by atoms with Crippen LogP contribution in [0.4, 0.5) is 4.39 Å². The van der Waals surface area contributed by atoms with Crippen LogP contribution in [0.2, 0.25) is 0 Å². The molecule has 1 atom stereocenters. The van der Waals surface area contributed by atoms with Crippen LogP contribution >= 0.6 is 11.3 Å². The van der Waals surface area contributed by atoms with Gasteiger partial charge in [0.15, 0.2) is 5.58 Å². The molecule has 0 amide bonds. The monoisotopic (exact) mass is 346 g/mol. The zero-order chi connectivity index (χ0) is 16.5. The fourth-order valence-corrected chi connectivity index (χ4v) is 4.13. The highest BCUT2D eigenvalue weighted by molar-refractivity contribution is 7.10. The molecule has 0 spiro atoms. The lowest BCUT2D eigenvalue weighted by atomic mass is 9.91. The zero-order valence-corrected chi connectivity index (χ0v) is 14.0. The van der Waals surface area contributed by atoms with Crippen molar-refractivity contribution in [1.82, 2.24) is 10.1 Å². The number of thiophene rings is 1. The third-order valence-electron chi connectivity index (χ3n) is 4.74. The van der Waals surface area contributed by atoms with Gasteiger partial charge in [-0.1, -0.05) is 11.2 Å². The summed E-state index contributed by atoms with van der Waals surface area (Å²) in [4.78, 5) is 3.31. The molecule has 1 fully saturated rings. The standard InChI is InChI=1S/C18H19FN2O2S/c19-13-3-4-14-16(10-13)23-20-18(14)12-5-7-21(8-6-12)11-15(22)17-2-1-9-24-17/h1-4,9-10,12,15,22H,5-8,11H2. The van der Waals surface area contributed by atoms with Gasteiger partial charge in [-0.05, 0) is 49.5 Å². The molecule has 1 saturated heterocycles. The Kier molecular flexibility index (Phi) is 4.35. The van der Waals surface area contributed by atoms with Gasteiger partial charge in [0.25, 0.3) is 0 Å². The van der Waals surface area contributed by atoms with Crippen molar-refractivity contribution < 1.29 is 14.0 Å². The first-order valence-electron chi connectivity index (χ1n) is 8.19. The summed E-state index contributed by atoms with van der Waals surface area (Å²) in [6.45, 7) is 2.50. The van der Waals surface area contributed by atoms with Crippen LogP contribution in [0.5, 0.6) is 0 Å². The third kappa shape index (κ3) is 3.09. The molecule has 2 aromatic heterocycles. The third-order valence-corrected chi connectivity index (χ3v) is 5.71. The topological polar surface area (TPSA) is 49.5 Å². The summed E-state index contributed by atoms with van der Waals surface area (Å²) in [6, 6.07) is 8.54. The smallest absolute Gasteiger partial charge is 0.170 e. The predicted molar refractivity (Wildman–Crippen MR) is 91.7 cm³/mol. The molecular weight excluding hydrogens is 327 g/mol. The largest absolute Gasteiger partial charge is 0.386 e. The van der Waals surface area contributed by atoms with Crippen LogP contribution in [-0.2, 0) is 0 Å². The number of benzene rings is 1. The molecule has 0 saturated carbocycles. The van der Waals surface area contributed by atoms with E-state index in [4.69, 9.17) is 4.52 Å². The van der Waals surface area contributed by atoms with Gasteiger partial charge in [0.1, 0.15) is 11.9 Å². The summed E-state index contributed by atoms with van der Waals surface area (Å²) in [5.41, 5.74) is 1.45. The Bertz CT molecular complexity index is 810. The van der Waals surface area contributed by atoms with E-state index in [1.165, 1.54) is 12.1 Å². The highest BCUT2D eigenvalue weighted by Crippen LogP contribution is 2.33. The van der Waals surface area contributed by atoms with E-state index in [9.17, 15) is 9.50 Å². The Labute approximate surface area is 143 Å². The highest BCUT2D eigenvalue weighted by Gasteiger charge is 2.26. The van der Waals surface area contributed by atoms with Crippen molar-refractivity contribution in [3.8, 4) is 0 Å². The number of piperidine rings is 1. The van der Waals surface area contributed by atoms with Gasteiger partial charge in [-0.15, -0.1) is 11.3 Å². The molecule has 1 aliphatic heterocycles. The summed E-state index contributed by atoms with van der Waals surface area (Å²) < 4.78 is 18.5. The van der Waals surface area contributed by atoms with Crippen molar-refractivity contribution in [3.05, 3.63) is 52.1 Å². The van der Waals surface area contributed by atoms with Gasteiger partial charge in [-0.2, -0.15) is 0 Å². The molecule has 1 aliphatic rings. The van der Waals surface area contributed by atoms with E-state index in [-0.39, 0.29) is 5.82 Å². The second-order valence-corrected chi connectivity index (χ2v) is 7.29. The molecule has 3 aromatic rings. The lowest BCUT2D eigenvalue weighted by molar-refractivity contribution is 0.0990. The van der Waals surface area contributed by atoms with Crippen LogP contribution in [0.3, 0.4) is 0 Å². The van der Waals surface area contributed by atoms with Crippen molar-refractivity contribution in [2.45, 2.75) is 24.9 Å². The van der Waals surface area contributed by atoms with E-state index in [2.05, 4.69) is 10.1 Å². The fourth-order valence-electron chi connectivity index (χ4n) is 3.43. The highest BCUT2D eigenvalue weighted by atomic mass is 32.1. The Morgan fingerprint density at radius 2 is 2.17 bits per heavy atom. The fraction of sp³-hybridized carbons (Fsp3) is 0.389. The van der Waals surface area contributed by atoms with E-state index in [0.29, 0.717) is 18.0 Å². The molecule has 3 heterocycles. The summed E-state index contributed by atoms with van der Waals surface area (Å²) in [5, 5.41) is 17.4. The second kappa shape index (κ2) is 6.63. The van der Waals surface area contributed by atoms with E-state index in [1.54, 1.807) is 17.4 Å². The van der Waals surface area contributed by atoms with Gasteiger partial charge in [-0.25, -0.2) is 4.39 Å². The maximum absolute atomic E-state index is 13.3. The van der Waals surface area contributed by atoms with Gasteiger partial charge in [0.2, 0.25) is 0 Å². The lowest BCUT2D eigenvalue weighted by Gasteiger charge is -2.32. The van der Waals surface area contributed by atoms with Crippen LogP contribution < -0.4 is 0 Å². The number of aromatic nitrogens is 1. The molecule has 126 valence electrons. The number of hydrogen-bond donors (Lipinski definition) is 1. The number of halogens is 1. The van der Waals surface area contributed by atoms with Crippen molar-refractivity contribution in [1.29, 1.82) is 0 Å². The molecule has 1 unspecified atom stereocenters. The molecular formula is C18H19FN2O2S. The van der Waals surface area contributed by atoms with E-state index in [0.717, 1.165) is 41.9 Å². The molecule has 4 rings (SSSR count). The van der Waals surface area contributed by atoms with Crippen molar-refractivity contribution >= 4 is 22.3 Å². The van der Waals surface area contributed by atoms with Crippen LogP contribution in [0.15, 0.2) is 40.2 Å². The van der Waals surface area contributed by atoms with Gasteiger partial charge < -0.3 is 14.5 Å². The van der Waals surface area contributed by atoms with Crippen LogP contribution in [0, 0.1) is 5.82 Å². The summed E-state index contributed by atoms with van der Waals surface area (Å²) in [5.74, 6) is 0.0226. The normalized spacial score (nSPS) is 18.2. The Balaban J connectivity index is 1.40. The predicted octanol–water partition coefficient (Wildman–Crippen LogP) is 3.94. The number of likely N-dealkylation sites (tertiary alicyclic amines) is 1. The molecule has 0 radical (unpaired) electrons. The van der Waals surface area contributed by atoms with Crippen LogP contribution in [-0.4, -0.2) is 34.8 Å². The van der Waals surface area contributed by atoms with Crippen LogP contribution in [0.25, 0.3) is 11.0 Å².